The summed E-state index contributed by atoms with van der Waals surface area (Å²) in [6.07, 6.45) is 0.606. The Hall–Kier alpha value is -0.710. The molecule has 0 atom stereocenters. The standard InChI is InChI=1S/C14H22N2OS/c1-11-4-9-18-13(11)12(17)10-14(2,3)16-7-5-15-6-8-16/h4,9,15H,5-8,10H2,1-3H3. The first-order valence-electron chi connectivity index (χ1n) is 6.54. The van der Waals surface area contributed by atoms with E-state index in [0.29, 0.717) is 6.42 Å². The molecule has 2 rings (SSSR count). The van der Waals surface area contributed by atoms with E-state index in [1.54, 1.807) is 11.3 Å². The molecule has 0 unspecified atom stereocenters. The Morgan fingerprint density at radius 2 is 2.11 bits per heavy atom. The van der Waals surface area contributed by atoms with Crippen LogP contribution in [0, 0.1) is 6.92 Å². The van der Waals surface area contributed by atoms with Gasteiger partial charge in [-0.3, -0.25) is 9.69 Å². The number of nitrogens with one attached hydrogen (secondary N) is 1. The summed E-state index contributed by atoms with van der Waals surface area (Å²) in [7, 11) is 0. The van der Waals surface area contributed by atoms with Crippen LogP contribution in [0.25, 0.3) is 0 Å². The highest BCUT2D eigenvalue weighted by molar-refractivity contribution is 7.12. The van der Waals surface area contributed by atoms with Gasteiger partial charge in [0, 0.05) is 38.1 Å². The number of aryl methyl sites for hydroxylation is 1. The fourth-order valence-electron chi connectivity index (χ4n) is 2.51. The first-order chi connectivity index (χ1) is 8.50. The molecule has 0 aromatic carbocycles. The monoisotopic (exact) mass is 266 g/mol. The van der Waals surface area contributed by atoms with Crippen molar-refractivity contribution in [1.82, 2.24) is 10.2 Å². The summed E-state index contributed by atoms with van der Waals surface area (Å²) < 4.78 is 0. The van der Waals surface area contributed by atoms with Crippen LogP contribution >= 0.6 is 11.3 Å². The number of rotatable bonds is 4. The molecule has 0 aliphatic carbocycles. The number of hydrogen-bond acceptors (Lipinski definition) is 4. The van der Waals surface area contributed by atoms with Crippen molar-refractivity contribution in [3.8, 4) is 0 Å². The molecule has 100 valence electrons. The SMILES string of the molecule is Cc1ccsc1C(=O)CC(C)(C)N1CCNCC1. The van der Waals surface area contributed by atoms with Gasteiger partial charge in [-0.05, 0) is 37.8 Å². The van der Waals surface area contributed by atoms with Crippen molar-refractivity contribution in [2.45, 2.75) is 32.7 Å². The van der Waals surface area contributed by atoms with Crippen LogP contribution in [0.2, 0.25) is 0 Å². The van der Waals surface area contributed by atoms with Crippen LogP contribution < -0.4 is 5.32 Å². The molecule has 1 saturated heterocycles. The lowest BCUT2D eigenvalue weighted by Crippen LogP contribution is -2.54. The molecule has 18 heavy (non-hydrogen) atoms. The fourth-order valence-corrected chi connectivity index (χ4v) is 3.38. The number of Topliss-reactive ketones (excluding diaryl/α,β-unsaturated/α-hetero) is 1. The molecule has 1 N–H and O–H groups in total. The minimum Gasteiger partial charge on any atom is -0.314 e. The third-order valence-electron chi connectivity index (χ3n) is 3.68. The van der Waals surface area contributed by atoms with Crippen molar-refractivity contribution in [2.75, 3.05) is 26.2 Å². The number of hydrogen-bond donors (Lipinski definition) is 1. The Morgan fingerprint density at radius 3 is 2.67 bits per heavy atom. The number of ketones is 1. The average Bonchev–Trinajstić information content (AvgIpc) is 2.76. The van der Waals surface area contributed by atoms with Gasteiger partial charge in [0.05, 0.1) is 4.88 Å². The third-order valence-corrected chi connectivity index (χ3v) is 4.74. The van der Waals surface area contributed by atoms with Crippen LogP contribution in [-0.4, -0.2) is 42.4 Å². The van der Waals surface area contributed by atoms with Crippen LogP contribution in [0.15, 0.2) is 11.4 Å². The highest BCUT2D eigenvalue weighted by Crippen LogP contribution is 2.25. The molecular formula is C14H22N2OS. The number of carbonyl (C=O) groups is 1. The topological polar surface area (TPSA) is 32.3 Å². The van der Waals surface area contributed by atoms with Gasteiger partial charge in [-0.2, -0.15) is 0 Å². The maximum absolute atomic E-state index is 12.4. The van der Waals surface area contributed by atoms with Gasteiger partial charge in [0.25, 0.3) is 0 Å². The molecule has 0 bridgehead atoms. The maximum atomic E-state index is 12.4. The summed E-state index contributed by atoms with van der Waals surface area (Å²) in [5.41, 5.74) is 1.07. The molecule has 1 aromatic rings. The Balaban J connectivity index is 2.03. The molecule has 1 aromatic heterocycles. The zero-order chi connectivity index (χ0) is 13.2. The molecule has 1 aliphatic heterocycles. The molecule has 2 heterocycles. The second-order valence-electron chi connectivity index (χ2n) is 5.58. The molecule has 0 amide bonds. The van der Waals surface area contributed by atoms with Crippen LogP contribution in [0.4, 0.5) is 0 Å². The van der Waals surface area contributed by atoms with E-state index >= 15 is 0 Å². The van der Waals surface area contributed by atoms with E-state index in [0.717, 1.165) is 36.6 Å². The molecule has 1 fully saturated rings. The normalized spacial score (nSPS) is 17.9. The van der Waals surface area contributed by atoms with E-state index in [1.165, 1.54) is 0 Å². The van der Waals surface area contributed by atoms with Crippen LogP contribution in [0.5, 0.6) is 0 Å². The summed E-state index contributed by atoms with van der Waals surface area (Å²) in [5, 5.41) is 5.35. The fraction of sp³-hybridized carbons (Fsp3) is 0.643. The quantitative estimate of drug-likeness (QED) is 0.849. The molecule has 0 radical (unpaired) electrons. The maximum Gasteiger partial charge on any atom is 0.174 e. The number of nitrogens with zero attached hydrogens (tertiary/aromatic N) is 1. The van der Waals surface area contributed by atoms with Gasteiger partial charge in [-0.15, -0.1) is 11.3 Å². The van der Waals surface area contributed by atoms with Crippen LogP contribution in [-0.2, 0) is 0 Å². The van der Waals surface area contributed by atoms with E-state index in [2.05, 4.69) is 24.1 Å². The smallest absolute Gasteiger partial charge is 0.174 e. The lowest BCUT2D eigenvalue weighted by Gasteiger charge is -2.40. The minimum absolute atomic E-state index is 0.0460. The van der Waals surface area contributed by atoms with Crippen LogP contribution in [0.3, 0.4) is 0 Å². The van der Waals surface area contributed by atoms with Gasteiger partial charge in [-0.25, -0.2) is 0 Å². The highest BCUT2D eigenvalue weighted by atomic mass is 32.1. The lowest BCUT2D eigenvalue weighted by molar-refractivity contribution is 0.0732. The number of thiophene rings is 1. The second-order valence-corrected chi connectivity index (χ2v) is 6.50. The number of piperazine rings is 1. The summed E-state index contributed by atoms with van der Waals surface area (Å²) in [4.78, 5) is 15.7. The Morgan fingerprint density at radius 1 is 1.44 bits per heavy atom. The van der Waals surface area contributed by atoms with E-state index in [1.807, 2.05) is 18.4 Å². The van der Waals surface area contributed by atoms with E-state index in [9.17, 15) is 4.79 Å². The van der Waals surface area contributed by atoms with Gasteiger partial charge in [-0.1, -0.05) is 0 Å². The molecule has 0 saturated carbocycles. The first kappa shape index (κ1) is 13.7. The molecule has 4 heteroatoms. The summed E-state index contributed by atoms with van der Waals surface area (Å²) >= 11 is 1.56. The highest BCUT2D eigenvalue weighted by Gasteiger charge is 2.31. The van der Waals surface area contributed by atoms with Gasteiger partial charge in [0.1, 0.15) is 0 Å². The van der Waals surface area contributed by atoms with Gasteiger partial charge >= 0.3 is 0 Å². The van der Waals surface area contributed by atoms with Crippen molar-refractivity contribution in [3.05, 3.63) is 21.9 Å². The van der Waals surface area contributed by atoms with Gasteiger partial charge in [0.15, 0.2) is 5.78 Å². The van der Waals surface area contributed by atoms with Crippen molar-refractivity contribution < 1.29 is 4.79 Å². The zero-order valence-corrected chi connectivity index (χ0v) is 12.3. The summed E-state index contributed by atoms with van der Waals surface area (Å²) in [5.74, 6) is 0.283. The van der Waals surface area contributed by atoms with Crippen LogP contribution in [0.1, 0.15) is 35.5 Å². The molecule has 1 aliphatic rings. The van der Waals surface area contributed by atoms with Gasteiger partial charge in [0.2, 0.25) is 0 Å². The lowest BCUT2D eigenvalue weighted by atomic mass is 9.93. The summed E-state index contributed by atoms with van der Waals surface area (Å²) in [6, 6.07) is 2.02. The minimum atomic E-state index is -0.0460. The second kappa shape index (κ2) is 5.51. The van der Waals surface area contributed by atoms with E-state index < -0.39 is 0 Å². The summed E-state index contributed by atoms with van der Waals surface area (Å²) in [6.45, 7) is 10.5. The Labute approximate surface area is 113 Å². The van der Waals surface area contributed by atoms with Crippen molar-refractivity contribution in [1.29, 1.82) is 0 Å². The molecule has 3 nitrogen and oxygen atoms in total. The van der Waals surface area contributed by atoms with Gasteiger partial charge < -0.3 is 5.32 Å². The van der Waals surface area contributed by atoms with E-state index in [-0.39, 0.29) is 11.3 Å². The van der Waals surface area contributed by atoms with E-state index in [4.69, 9.17) is 0 Å². The first-order valence-corrected chi connectivity index (χ1v) is 7.42. The molecular weight excluding hydrogens is 244 g/mol. The average molecular weight is 266 g/mol. The Bertz CT molecular complexity index is 419. The number of carbonyl (C=O) groups excluding carboxylic acids is 1. The Kier molecular flexibility index (Phi) is 4.20. The molecule has 0 spiro atoms. The predicted molar refractivity (Wildman–Crippen MR) is 76.5 cm³/mol. The largest absolute Gasteiger partial charge is 0.314 e. The predicted octanol–water partition coefficient (Wildman–Crippen LogP) is 2.31. The zero-order valence-electron chi connectivity index (χ0n) is 11.5. The van der Waals surface area contributed by atoms with Crippen molar-refractivity contribution >= 4 is 17.1 Å². The third kappa shape index (κ3) is 2.99. The van der Waals surface area contributed by atoms with Crippen molar-refractivity contribution in [2.24, 2.45) is 0 Å². The van der Waals surface area contributed by atoms with Crippen molar-refractivity contribution in [3.63, 3.8) is 0 Å².